The minimum atomic E-state index is -0.133. The van der Waals surface area contributed by atoms with Crippen LogP contribution in [0.5, 0.6) is 0 Å². The maximum Gasteiger partial charge on any atom is 0.142 e. The maximum atomic E-state index is 14.2. The van der Waals surface area contributed by atoms with Gasteiger partial charge in [-0.25, -0.2) is 4.39 Å². The Balaban J connectivity index is 2.96. The van der Waals surface area contributed by atoms with Gasteiger partial charge in [-0.15, -0.1) is 0 Å². The van der Waals surface area contributed by atoms with Gasteiger partial charge < -0.3 is 5.32 Å². The topological polar surface area (TPSA) is 12.0 Å². The monoisotopic (exact) mass is 315 g/mol. The Morgan fingerprint density at radius 3 is 2.61 bits per heavy atom. The second kappa shape index (κ2) is 7.90. The molecule has 0 saturated carbocycles. The molecule has 2 unspecified atom stereocenters. The quantitative estimate of drug-likeness (QED) is 0.741. The Bertz CT molecular complexity index is 368. The zero-order valence-electron chi connectivity index (χ0n) is 11.5. The van der Waals surface area contributed by atoms with Crippen LogP contribution in [0.4, 0.5) is 4.39 Å². The zero-order valence-corrected chi connectivity index (χ0v) is 13.1. The first kappa shape index (κ1) is 15.6. The molecule has 3 heteroatoms. The van der Waals surface area contributed by atoms with E-state index in [1.54, 1.807) is 6.07 Å². The van der Waals surface area contributed by atoms with E-state index in [4.69, 9.17) is 0 Å². The number of rotatable bonds is 7. The van der Waals surface area contributed by atoms with Crippen LogP contribution in [0.3, 0.4) is 0 Å². The van der Waals surface area contributed by atoms with Crippen LogP contribution < -0.4 is 5.32 Å². The van der Waals surface area contributed by atoms with E-state index in [2.05, 4.69) is 35.1 Å². The van der Waals surface area contributed by atoms with E-state index in [9.17, 15) is 4.39 Å². The maximum absolute atomic E-state index is 14.2. The van der Waals surface area contributed by atoms with E-state index < -0.39 is 0 Å². The number of benzene rings is 1. The number of hydrogen-bond acceptors (Lipinski definition) is 1. The summed E-state index contributed by atoms with van der Waals surface area (Å²) in [5.41, 5.74) is 0.773. The van der Waals surface area contributed by atoms with Gasteiger partial charge in [0.2, 0.25) is 0 Å². The summed E-state index contributed by atoms with van der Waals surface area (Å²) in [5, 5.41) is 3.29. The molecule has 2 atom stereocenters. The van der Waals surface area contributed by atoms with Crippen molar-refractivity contribution in [3.8, 4) is 0 Å². The van der Waals surface area contributed by atoms with E-state index in [0.717, 1.165) is 18.4 Å². The van der Waals surface area contributed by atoms with Gasteiger partial charge in [0.25, 0.3) is 0 Å². The van der Waals surface area contributed by atoms with Crippen molar-refractivity contribution in [2.75, 3.05) is 7.05 Å². The van der Waals surface area contributed by atoms with Gasteiger partial charge in [-0.1, -0.05) is 45.2 Å². The van der Waals surface area contributed by atoms with Crippen molar-refractivity contribution >= 4 is 15.9 Å². The molecule has 1 aromatic carbocycles. The van der Waals surface area contributed by atoms with Crippen LogP contribution in [0.15, 0.2) is 22.7 Å². The van der Waals surface area contributed by atoms with Gasteiger partial charge in [0.1, 0.15) is 5.82 Å². The van der Waals surface area contributed by atoms with Gasteiger partial charge >= 0.3 is 0 Å². The fraction of sp³-hybridized carbons (Fsp3) is 0.600. The number of halogens is 2. The van der Waals surface area contributed by atoms with Gasteiger partial charge in [0.15, 0.2) is 0 Å². The third kappa shape index (κ3) is 3.79. The molecule has 0 aliphatic heterocycles. The van der Waals surface area contributed by atoms with Crippen molar-refractivity contribution in [2.24, 2.45) is 5.92 Å². The average molecular weight is 316 g/mol. The van der Waals surface area contributed by atoms with Crippen molar-refractivity contribution < 1.29 is 4.39 Å². The molecule has 0 aliphatic rings. The van der Waals surface area contributed by atoms with Crippen LogP contribution >= 0.6 is 15.9 Å². The van der Waals surface area contributed by atoms with Gasteiger partial charge in [-0.3, -0.25) is 0 Å². The van der Waals surface area contributed by atoms with Gasteiger partial charge in [0, 0.05) is 11.6 Å². The van der Waals surface area contributed by atoms with Gasteiger partial charge in [-0.2, -0.15) is 0 Å². The standard InChI is InChI=1S/C15H23BrFN/c1-4-6-8-11(5-2)15(18-3)12-9-7-10-13(16)14(12)17/h7,9-11,15,18H,4-6,8H2,1-3H3. The largest absolute Gasteiger partial charge is 0.313 e. The van der Waals surface area contributed by atoms with Crippen molar-refractivity contribution in [1.29, 1.82) is 0 Å². The highest BCUT2D eigenvalue weighted by Gasteiger charge is 2.23. The second-order valence-electron chi connectivity index (χ2n) is 4.72. The zero-order chi connectivity index (χ0) is 13.5. The summed E-state index contributed by atoms with van der Waals surface area (Å²) in [6.07, 6.45) is 4.60. The lowest BCUT2D eigenvalue weighted by Gasteiger charge is -2.27. The van der Waals surface area contributed by atoms with Gasteiger partial charge in [-0.05, 0) is 41.4 Å². The fourth-order valence-electron chi connectivity index (χ4n) is 2.48. The third-order valence-corrected chi connectivity index (χ3v) is 4.16. The number of hydrogen-bond donors (Lipinski definition) is 1. The minimum Gasteiger partial charge on any atom is -0.313 e. The Morgan fingerprint density at radius 1 is 1.33 bits per heavy atom. The molecule has 0 amide bonds. The molecule has 1 rings (SSSR count). The molecular formula is C15H23BrFN. The van der Waals surface area contributed by atoms with Crippen LogP contribution in [-0.2, 0) is 0 Å². The Morgan fingerprint density at radius 2 is 2.06 bits per heavy atom. The second-order valence-corrected chi connectivity index (χ2v) is 5.57. The fourth-order valence-corrected chi connectivity index (χ4v) is 2.86. The summed E-state index contributed by atoms with van der Waals surface area (Å²) in [7, 11) is 1.92. The lowest BCUT2D eigenvalue weighted by Crippen LogP contribution is -2.26. The molecule has 0 spiro atoms. The molecule has 0 aliphatic carbocycles. The van der Waals surface area contributed by atoms with E-state index >= 15 is 0 Å². The highest BCUT2D eigenvalue weighted by atomic mass is 79.9. The van der Waals surface area contributed by atoms with Crippen molar-refractivity contribution in [3.63, 3.8) is 0 Å². The predicted molar refractivity (Wildman–Crippen MR) is 79.2 cm³/mol. The van der Waals surface area contributed by atoms with E-state index in [1.807, 2.05) is 19.2 Å². The highest BCUT2D eigenvalue weighted by Crippen LogP contribution is 2.32. The first-order chi connectivity index (χ1) is 8.65. The summed E-state index contributed by atoms with van der Waals surface area (Å²) in [6.45, 7) is 4.38. The summed E-state index contributed by atoms with van der Waals surface area (Å²) in [5.74, 6) is 0.352. The first-order valence-electron chi connectivity index (χ1n) is 6.76. The third-order valence-electron chi connectivity index (χ3n) is 3.55. The Hall–Kier alpha value is -0.410. The predicted octanol–water partition coefficient (Wildman–Crippen LogP) is 5.07. The average Bonchev–Trinajstić information content (AvgIpc) is 2.38. The van der Waals surface area contributed by atoms with Gasteiger partial charge in [0.05, 0.1) is 4.47 Å². The molecule has 0 aromatic heterocycles. The van der Waals surface area contributed by atoms with Crippen LogP contribution in [0, 0.1) is 11.7 Å². The summed E-state index contributed by atoms with van der Waals surface area (Å²) in [4.78, 5) is 0. The van der Waals surface area contributed by atoms with E-state index in [-0.39, 0.29) is 11.9 Å². The molecule has 0 saturated heterocycles. The molecule has 0 radical (unpaired) electrons. The van der Waals surface area contributed by atoms with Crippen LogP contribution in [0.25, 0.3) is 0 Å². The lowest BCUT2D eigenvalue weighted by molar-refractivity contribution is 0.330. The number of unbranched alkanes of at least 4 members (excludes halogenated alkanes) is 1. The highest BCUT2D eigenvalue weighted by molar-refractivity contribution is 9.10. The van der Waals surface area contributed by atoms with Crippen LogP contribution in [0.1, 0.15) is 51.1 Å². The molecule has 18 heavy (non-hydrogen) atoms. The molecule has 0 bridgehead atoms. The number of nitrogens with one attached hydrogen (secondary N) is 1. The van der Waals surface area contributed by atoms with Crippen LogP contribution in [0.2, 0.25) is 0 Å². The molecule has 1 nitrogen and oxygen atoms in total. The molecule has 0 heterocycles. The van der Waals surface area contributed by atoms with Crippen molar-refractivity contribution in [2.45, 2.75) is 45.6 Å². The molecule has 0 fully saturated rings. The summed E-state index contributed by atoms with van der Waals surface area (Å²) >= 11 is 3.26. The molecule has 1 N–H and O–H groups in total. The Labute approximate surface area is 118 Å². The van der Waals surface area contributed by atoms with Crippen molar-refractivity contribution in [3.05, 3.63) is 34.1 Å². The smallest absolute Gasteiger partial charge is 0.142 e. The summed E-state index contributed by atoms with van der Waals surface area (Å²) in [6, 6.07) is 5.63. The summed E-state index contributed by atoms with van der Waals surface area (Å²) < 4.78 is 14.7. The molecular weight excluding hydrogens is 293 g/mol. The molecule has 102 valence electrons. The van der Waals surface area contributed by atoms with Crippen LogP contribution in [-0.4, -0.2) is 7.05 Å². The minimum absolute atomic E-state index is 0.0963. The van der Waals surface area contributed by atoms with E-state index in [0.29, 0.717) is 10.4 Å². The normalized spacial score (nSPS) is 14.5. The molecule has 1 aromatic rings. The van der Waals surface area contributed by atoms with Crippen molar-refractivity contribution in [1.82, 2.24) is 5.32 Å². The SMILES string of the molecule is CCCCC(CC)C(NC)c1cccc(Br)c1F. The Kier molecular flexibility index (Phi) is 6.87. The lowest BCUT2D eigenvalue weighted by atomic mass is 9.87. The first-order valence-corrected chi connectivity index (χ1v) is 7.56. The van der Waals surface area contributed by atoms with E-state index in [1.165, 1.54) is 12.8 Å².